The van der Waals surface area contributed by atoms with Crippen LogP contribution in [0.25, 0.3) is 0 Å². The van der Waals surface area contributed by atoms with Crippen molar-refractivity contribution in [3.63, 3.8) is 0 Å². The number of aryl methyl sites for hydroxylation is 1. The maximum atomic E-state index is 11.7. The minimum atomic E-state index is -0.493. The van der Waals surface area contributed by atoms with Gasteiger partial charge in [-0.3, -0.25) is 4.79 Å². The summed E-state index contributed by atoms with van der Waals surface area (Å²) in [5.74, 6) is 0.0493. The molecular weight excluding hydrogens is 250 g/mol. The summed E-state index contributed by atoms with van der Waals surface area (Å²) in [4.78, 5) is 24.2. The number of hydrogen-bond donors (Lipinski definition) is 1. The first-order valence-electron chi connectivity index (χ1n) is 6.13. The van der Waals surface area contributed by atoms with Gasteiger partial charge in [-0.05, 0) is 20.3 Å². The SMILES string of the molecule is CCOC(=O)CCCN(C)C(=O)Oc1cc(C)n[nH]1. The van der Waals surface area contributed by atoms with Crippen molar-refractivity contribution in [1.29, 1.82) is 0 Å². The van der Waals surface area contributed by atoms with E-state index in [1.807, 2.05) is 0 Å². The van der Waals surface area contributed by atoms with E-state index in [1.54, 1.807) is 27.0 Å². The molecule has 0 atom stereocenters. The van der Waals surface area contributed by atoms with Crippen molar-refractivity contribution in [3.8, 4) is 5.88 Å². The van der Waals surface area contributed by atoms with Crippen LogP contribution in [0, 0.1) is 6.92 Å². The highest BCUT2D eigenvalue weighted by molar-refractivity contribution is 5.70. The van der Waals surface area contributed by atoms with E-state index < -0.39 is 6.09 Å². The lowest BCUT2D eigenvalue weighted by molar-refractivity contribution is -0.143. The molecule has 0 saturated heterocycles. The molecule has 0 aliphatic carbocycles. The number of carbonyl (C=O) groups excluding carboxylic acids is 2. The van der Waals surface area contributed by atoms with E-state index in [0.717, 1.165) is 5.69 Å². The second-order valence-electron chi connectivity index (χ2n) is 4.07. The minimum Gasteiger partial charge on any atom is -0.466 e. The maximum Gasteiger partial charge on any atom is 0.416 e. The van der Waals surface area contributed by atoms with Crippen LogP contribution in [-0.4, -0.2) is 47.4 Å². The number of nitrogens with one attached hydrogen (secondary N) is 1. The topological polar surface area (TPSA) is 84.5 Å². The third-order valence-electron chi connectivity index (χ3n) is 2.37. The molecule has 0 aliphatic rings. The van der Waals surface area contributed by atoms with Gasteiger partial charge in [0.1, 0.15) is 0 Å². The zero-order valence-electron chi connectivity index (χ0n) is 11.4. The van der Waals surface area contributed by atoms with E-state index in [4.69, 9.17) is 9.47 Å². The molecule has 1 heterocycles. The van der Waals surface area contributed by atoms with Crippen LogP contribution in [0.5, 0.6) is 5.88 Å². The second-order valence-corrected chi connectivity index (χ2v) is 4.07. The molecule has 0 spiro atoms. The Morgan fingerprint density at radius 3 is 2.79 bits per heavy atom. The van der Waals surface area contributed by atoms with Gasteiger partial charge in [0.15, 0.2) is 0 Å². The second kappa shape index (κ2) is 7.40. The zero-order valence-corrected chi connectivity index (χ0v) is 11.4. The number of rotatable bonds is 6. The first kappa shape index (κ1) is 15.0. The van der Waals surface area contributed by atoms with E-state index in [0.29, 0.717) is 25.5 Å². The monoisotopic (exact) mass is 269 g/mol. The fourth-order valence-corrected chi connectivity index (χ4v) is 1.41. The molecule has 1 N–H and O–H groups in total. The van der Waals surface area contributed by atoms with E-state index in [9.17, 15) is 9.59 Å². The van der Waals surface area contributed by atoms with Crippen molar-refractivity contribution >= 4 is 12.1 Å². The Bertz CT molecular complexity index is 430. The van der Waals surface area contributed by atoms with Gasteiger partial charge < -0.3 is 14.4 Å². The highest BCUT2D eigenvalue weighted by atomic mass is 16.6. The number of H-pyrrole nitrogens is 1. The molecular formula is C12H19N3O4. The molecule has 1 aromatic rings. The van der Waals surface area contributed by atoms with Crippen molar-refractivity contribution < 1.29 is 19.1 Å². The largest absolute Gasteiger partial charge is 0.466 e. The maximum absolute atomic E-state index is 11.7. The Morgan fingerprint density at radius 1 is 1.47 bits per heavy atom. The van der Waals surface area contributed by atoms with Crippen molar-refractivity contribution in [2.75, 3.05) is 20.2 Å². The summed E-state index contributed by atoms with van der Waals surface area (Å²) >= 11 is 0. The van der Waals surface area contributed by atoms with Crippen LogP contribution in [0.4, 0.5) is 4.79 Å². The number of nitrogens with zero attached hydrogens (tertiary/aromatic N) is 2. The molecule has 1 aromatic heterocycles. The average Bonchev–Trinajstić information content (AvgIpc) is 2.75. The molecule has 1 amide bonds. The molecule has 0 fully saturated rings. The summed E-state index contributed by atoms with van der Waals surface area (Å²) in [6.07, 6.45) is 0.327. The number of aromatic nitrogens is 2. The Hall–Kier alpha value is -2.05. The van der Waals surface area contributed by atoms with Gasteiger partial charge in [-0.1, -0.05) is 0 Å². The van der Waals surface area contributed by atoms with Gasteiger partial charge in [0.2, 0.25) is 5.88 Å². The van der Waals surface area contributed by atoms with Crippen LogP contribution >= 0.6 is 0 Å². The Morgan fingerprint density at radius 2 is 2.21 bits per heavy atom. The minimum absolute atomic E-state index is 0.256. The quantitative estimate of drug-likeness (QED) is 0.791. The summed E-state index contributed by atoms with van der Waals surface area (Å²) < 4.78 is 9.85. The van der Waals surface area contributed by atoms with Crippen LogP contribution in [-0.2, 0) is 9.53 Å². The number of amides is 1. The lowest BCUT2D eigenvalue weighted by Gasteiger charge is -2.15. The first-order valence-corrected chi connectivity index (χ1v) is 6.13. The Kier molecular flexibility index (Phi) is 5.84. The third kappa shape index (κ3) is 5.41. The lowest BCUT2D eigenvalue weighted by atomic mass is 10.3. The average molecular weight is 269 g/mol. The third-order valence-corrected chi connectivity index (χ3v) is 2.37. The standard InChI is InChI=1S/C12H19N3O4/c1-4-18-11(16)6-5-7-15(3)12(17)19-10-8-9(2)13-14-10/h8H,4-7H2,1-3H3,(H,13,14). The summed E-state index contributed by atoms with van der Waals surface area (Å²) in [5.41, 5.74) is 0.743. The summed E-state index contributed by atoms with van der Waals surface area (Å²) in [5, 5.41) is 6.44. The zero-order chi connectivity index (χ0) is 14.3. The van der Waals surface area contributed by atoms with E-state index >= 15 is 0 Å². The fourth-order valence-electron chi connectivity index (χ4n) is 1.41. The number of aromatic amines is 1. The van der Waals surface area contributed by atoms with Crippen LogP contribution in [0.2, 0.25) is 0 Å². The first-order chi connectivity index (χ1) is 9.02. The number of esters is 1. The normalized spacial score (nSPS) is 10.1. The molecule has 7 heteroatoms. The molecule has 19 heavy (non-hydrogen) atoms. The van der Waals surface area contributed by atoms with Crippen LogP contribution in [0.15, 0.2) is 6.07 Å². The molecule has 7 nitrogen and oxygen atoms in total. The van der Waals surface area contributed by atoms with Gasteiger partial charge in [-0.2, -0.15) is 5.10 Å². The summed E-state index contributed by atoms with van der Waals surface area (Å²) in [6.45, 7) is 4.34. The van der Waals surface area contributed by atoms with Gasteiger partial charge in [0, 0.05) is 26.1 Å². The van der Waals surface area contributed by atoms with Crippen molar-refractivity contribution in [2.45, 2.75) is 26.7 Å². The van der Waals surface area contributed by atoms with Crippen LogP contribution < -0.4 is 4.74 Å². The van der Waals surface area contributed by atoms with Crippen molar-refractivity contribution in [2.24, 2.45) is 0 Å². The smallest absolute Gasteiger partial charge is 0.416 e. The van der Waals surface area contributed by atoms with E-state index in [2.05, 4.69) is 10.2 Å². The molecule has 0 aliphatic heterocycles. The summed E-state index contributed by atoms with van der Waals surface area (Å²) in [7, 11) is 1.61. The van der Waals surface area contributed by atoms with Crippen LogP contribution in [0.3, 0.4) is 0 Å². The highest BCUT2D eigenvalue weighted by Gasteiger charge is 2.13. The Labute approximate surface area is 111 Å². The molecule has 0 radical (unpaired) electrons. The van der Waals surface area contributed by atoms with Gasteiger partial charge in [0.05, 0.1) is 12.3 Å². The number of ether oxygens (including phenoxy) is 2. The van der Waals surface area contributed by atoms with Gasteiger partial charge in [0.25, 0.3) is 0 Å². The Balaban J connectivity index is 2.27. The fraction of sp³-hybridized carbons (Fsp3) is 0.583. The molecule has 0 aromatic carbocycles. The highest BCUT2D eigenvalue weighted by Crippen LogP contribution is 2.08. The molecule has 0 unspecified atom stereocenters. The number of hydrogen-bond acceptors (Lipinski definition) is 5. The molecule has 0 saturated carbocycles. The van der Waals surface area contributed by atoms with Crippen molar-refractivity contribution in [3.05, 3.63) is 11.8 Å². The van der Waals surface area contributed by atoms with E-state index in [-0.39, 0.29) is 12.4 Å². The van der Waals surface area contributed by atoms with Crippen LogP contribution in [0.1, 0.15) is 25.5 Å². The van der Waals surface area contributed by atoms with Gasteiger partial charge in [-0.25, -0.2) is 9.89 Å². The molecule has 0 bridgehead atoms. The number of carbonyl (C=O) groups is 2. The molecule has 1 rings (SSSR count). The predicted octanol–water partition coefficient (Wildman–Crippen LogP) is 1.49. The van der Waals surface area contributed by atoms with Gasteiger partial charge in [-0.15, -0.1) is 0 Å². The van der Waals surface area contributed by atoms with Gasteiger partial charge >= 0.3 is 12.1 Å². The molecule has 106 valence electrons. The summed E-state index contributed by atoms with van der Waals surface area (Å²) in [6, 6.07) is 1.63. The van der Waals surface area contributed by atoms with Crippen molar-refractivity contribution in [1.82, 2.24) is 15.1 Å². The lowest BCUT2D eigenvalue weighted by Crippen LogP contribution is -2.31. The van der Waals surface area contributed by atoms with E-state index in [1.165, 1.54) is 4.90 Å². The predicted molar refractivity (Wildman–Crippen MR) is 67.8 cm³/mol.